The molecule has 2 aliphatic rings. The molecular weight excluding hydrogens is 446 g/mol. The summed E-state index contributed by atoms with van der Waals surface area (Å²) in [7, 11) is 1.41. The maximum Gasteiger partial charge on any atom is 0.414 e. The van der Waals surface area contributed by atoms with E-state index in [0.29, 0.717) is 13.0 Å². The minimum atomic E-state index is -0.717. The molecule has 0 saturated heterocycles. The number of hydrogen-bond donors (Lipinski definition) is 1. The molecule has 0 spiro atoms. The van der Waals surface area contributed by atoms with E-state index >= 15 is 0 Å². The lowest BCUT2D eigenvalue weighted by Gasteiger charge is -2.34. The van der Waals surface area contributed by atoms with E-state index in [1.807, 2.05) is 36.0 Å². The molecule has 1 fully saturated rings. The molecule has 2 aromatic heterocycles. The topological polar surface area (TPSA) is 102 Å². The fraction of sp³-hybridized carbons (Fsp3) is 0.538. The predicted molar refractivity (Wildman–Crippen MR) is 132 cm³/mol. The van der Waals surface area contributed by atoms with E-state index in [1.165, 1.54) is 7.11 Å². The number of methoxy groups -OCH3 is 1. The maximum atomic E-state index is 12.6. The number of carboxylic acid groups (broad SMARTS) is 1. The number of aryl methyl sites for hydroxylation is 1. The van der Waals surface area contributed by atoms with E-state index in [2.05, 4.69) is 16.6 Å². The number of carbonyl (C=O) groups is 2. The zero-order valence-electron chi connectivity index (χ0n) is 20.6. The molecule has 186 valence electrons. The lowest BCUT2D eigenvalue weighted by atomic mass is 9.85. The van der Waals surface area contributed by atoms with Crippen LogP contribution in [0.15, 0.2) is 30.6 Å². The molecule has 1 N–H and O–H groups in total. The van der Waals surface area contributed by atoms with E-state index in [-0.39, 0.29) is 30.0 Å². The molecule has 1 aliphatic carbocycles. The van der Waals surface area contributed by atoms with Gasteiger partial charge in [0.25, 0.3) is 0 Å². The van der Waals surface area contributed by atoms with Gasteiger partial charge in [0, 0.05) is 36.0 Å². The number of carbonyl (C=O) groups excluding carboxylic acids is 1. The van der Waals surface area contributed by atoms with Gasteiger partial charge >= 0.3 is 12.1 Å². The van der Waals surface area contributed by atoms with Crippen LogP contribution in [0.1, 0.15) is 69.3 Å². The molecule has 1 saturated carbocycles. The Morgan fingerprint density at radius 2 is 2.09 bits per heavy atom. The number of nitrogens with zero attached hydrogens (tertiary/aromatic N) is 5. The third-order valence-corrected chi connectivity index (χ3v) is 7.67. The van der Waals surface area contributed by atoms with Crippen LogP contribution in [0, 0.1) is 5.92 Å². The van der Waals surface area contributed by atoms with Crippen LogP contribution in [0.2, 0.25) is 0 Å². The summed E-state index contributed by atoms with van der Waals surface area (Å²) in [4.78, 5) is 31.3. The van der Waals surface area contributed by atoms with Gasteiger partial charge in [0.15, 0.2) is 0 Å². The molecule has 3 aromatic rings. The van der Waals surface area contributed by atoms with Crippen LogP contribution in [0.4, 0.5) is 10.5 Å². The first-order chi connectivity index (χ1) is 16.9. The van der Waals surface area contributed by atoms with Crippen molar-refractivity contribution in [1.29, 1.82) is 0 Å². The Morgan fingerprint density at radius 1 is 1.26 bits per heavy atom. The second kappa shape index (κ2) is 9.36. The van der Waals surface area contributed by atoms with Gasteiger partial charge in [-0.15, -0.1) is 0 Å². The summed E-state index contributed by atoms with van der Waals surface area (Å²) in [5.41, 5.74) is 3.83. The minimum Gasteiger partial charge on any atom is -0.481 e. The number of carboxylic acids is 1. The highest BCUT2D eigenvalue weighted by molar-refractivity contribution is 5.95. The molecule has 1 amide bonds. The number of benzene rings is 1. The summed E-state index contributed by atoms with van der Waals surface area (Å²) in [6.45, 7) is 4.86. The SMILES string of the molecule is COC(=O)N1c2ccc3c(nc([C@H](C)Cn4cccn4)n3[C@@H]3CCC[C@@H](C(=O)O)C3)c2CC[C@@H]1C. The molecule has 3 heterocycles. The summed E-state index contributed by atoms with van der Waals surface area (Å²) in [5.74, 6) is -0.0373. The Bertz CT molecular complexity index is 1230. The highest BCUT2D eigenvalue weighted by Gasteiger charge is 2.35. The van der Waals surface area contributed by atoms with Crippen LogP contribution in [-0.2, 0) is 22.5 Å². The van der Waals surface area contributed by atoms with Crippen molar-refractivity contribution in [3.63, 3.8) is 0 Å². The van der Waals surface area contributed by atoms with Gasteiger partial charge in [0.2, 0.25) is 0 Å². The van der Waals surface area contributed by atoms with E-state index in [9.17, 15) is 14.7 Å². The quantitative estimate of drug-likeness (QED) is 0.566. The molecule has 1 aromatic carbocycles. The van der Waals surface area contributed by atoms with Gasteiger partial charge in [-0.3, -0.25) is 14.4 Å². The molecular formula is C26H33N5O4. The van der Waals surface area contributed by atoms with Crippen molar-refractivity contribution < 1.29 is 19.4 Å². The molecule has 0 bridgehead atoms. The summed E-state index contributed by atoms with van der Waals surface area (Å²) in [6, 6.07) is 6.07. The van der Waals surface area contributed by atoms with E-state index in [4.69, 9.17) is 9.72 Å². The molecule has 0 unspecified atom stereocenters. The number of imidazole rings is 1. The van der Waals surface area contributed by atoms with Crippen molar-refractivity contribution in [3.05, 3.63) is 42.0 Å². The smallest absolute Gasteiger partial charge is 0.414 e. The number of fused-ring (bicyclic) bond motifs is 3. The second-order valence-electron chi connectivity index (χ2n) is 9.98. The van der Waals surface area contributed by atoms with Crippen LogP contribution >= 0.6 is 0 Å². The van der Waals surface area contributed by atoms with E-state index < -0.39 is 5.97 Å². The van der Waals surface area contributed by atoms with Crippen molar-refractivity contribution in [2.24, 2.45) is 5.92 Å². The molecule has 5 rings (SSSR count). The zero-order valence-corrected chi connectivity index (χ0v) is 20.6. The normalized spacial score (nSPS) is 23.2. The zero-order chi connectivity index (χ0) is 24.7. The first-order valence-electron chi connectivity index (χ1n) is 12.5. The largest absolute Gasteiger partial charge is 0.481 e. The highest BCUT2D eigenvalue weighted by Crippen LogP contribution is 2.41. The monoisotopic (exact) mass is 479 g/mol. The van der Waals surface area contributed by atoms with Gasteiger partial charge in [-0.25, -0.2) is 9.78 Å². The van der Waals surface area contributed by atoms with Gasteiger partial charge < -0.3 is 14.4 Å². The number of amides is 1. The molecule has 9 heteroatoms. The second-order valence-corrected chi connectivity index (χ2v) is 9.98. The third-order valence-electron chi connectivity index (χ3n) is 7.67. The van der Waals surface area contributed by atoms with Gasteiger partial charge in [0.05, 0.1) is 36.3 Å². The maximum absolute atomic E-state index is 12.6. The first kappa shape index (κ1) is 23.4. The molecule has 1 aliphatic heterocycles. The molecule has 0 radical (unpaired) electrons. The number of aromatic nitrogens is 4. The highest BCUT2D eigenvalue weighted by atomic mass is 16.5. The molecule has 4 atom stereocenters. The van der Waals surface area contributed by atoms with Crippen molar-refractivity contribution >= 4 is 28.8 Å². The van der Waals surface area contributed by atoms with Crippen molar-refractivity contribution in [3.8, 4) is 0 Å². The average Bonchev–Trinajstić information content (AvgIpc) is 3.51. The molecule has 35 heavy (non-hydrogen) atoms. The number of anilines is 1. The predicted octanol–water partition coefficient (Wildman–Crippen LogP) is 4.76. The Morgan fingerprint density at radius 3 is 2.80 bits per heavy atom. The average molecular weight is 480 g/mol. The van der Waals surface area contributed by atoms with Crippen LogP contribution < -0.4 is 4.90 Å². The van der Waals surface area contributed by atoms with Crippen molar-refractivity contribution in [2.75, 3.05) is 12.0 Å². The Balaban J connectivity index is 1.64. The van der Waals surface area contributed by atoms with Gasteiger partial charge in [-0.1, -0.05) is 13.3 Å². The number of aliphatic carboxylic acids is 1. The van der Waals surface area contributed by atoms with Crippen LogP contribution in [-0.4, -0.2) is 49.7 Å². The standard InChI is InChI=1S/C26H33N5O4/c1-16(15-29-13-5-12-27-29)24-28-23-20-9-8-17(2)30(26(34)35-3)21(20)10-11-22(23)31(24)19-7-4-6-18(14-19)25(32)33/h5,10-13,16-19H,4,6-9,14-15H2,1-3H3,(H,32,33)/t16-,17+,18-,19-/m1/s1. The van der Waals surface area contributed by atoms with Crippen LogP contribution in [0.3, 0.4) is 0 Å². The Hall–Kier alpha value is -3.36. The van der Waals surface area contributed by atoms with Crippen molar-refractivity contribution in [1.82, 2.24) is 19.3 Å². The van der Waals surface area contributed by atoms with Gasteiger partial charge in [-0.05, 0) is 57.2 Å². The van der Waals surface area contributed by atoms with E-state index in [0.717, 1.165) is 60.2 Å². The van der Waals surface area contributed by atoms with Crippen LogP contribution in [0.5, 0.6) is 0 Å². The summed E-state index contributed by atoms with van der Waals surface area (Å²) < 4.78 is 9.28. The summed E-state index contributed by atoms with van der Waals surface area (Å²) in [6.07, 6.45) is 8.15. The van der Waals surface area contributed by atoms with Crippen molar-refractivity contribution in [2.45, 2.75) is 76.9 Å². The fourth-order valence-electron chi connectivity index (χ4n) is 5.92. The summed E-state index contributed by atoms with van der Waals surface area (Å²) >= 11 is 0. The lowest BCUT2D eigenvalue weighted by Crippen LogP contribution is -2.42. The lowest BCUT2D eigenvalue weighted by molar-refractivity contribution is -0.143. The summed E-state index contributed by atoms with van der Waals surface area (Å²) in [5, 5.41) is 14.1. The fourth-order valence-corrected chi connectivity index (χ4v) is 5.92. The van der Waals surface area contributed by atoms with Crippen LogP contribution in [0.25, 0.3) is 11.0 Å². The van der Waals surface area contributed by atoms with Gasteiger partial charge in [0.1, 0.15) is 5.82 Å². The number of ether oxygens (including phenoxy) is 1. The number of rotatable bonds is 5. The first-order valence-corrected chi connectivity index (χ1v) is 12.5. The third kappa shape index (κ3) is 4.17. The number of hydrogen-bond acceptors (Lipinski definition) is 5. The minimum absolute atomic E-state index is 0.0439. The Labute approximate surface area is 204 Å². The molecule has 9 nitrogen and oxygen atoms in total. The van der Waals surface area contributed by atoms with Gasteiger partial charge in [-0.2, -0.15) is 5.10 Å². The Kier molecular flexibility index (Phi) is 6.25. The van der Waals surface area contributed by atoms with E-state index in [1.54, 1.807) is 11.1 Å².